The van der Waals surface area contributed by atoms with Crippen LogP contribution in [0, 0.1) is 13.8 Å². The van der Waals surface area contributed by atoms with E-state index in [1.54, 1.807) is 6.92 Å². The largest absolute Gasteiger partial charge is 0.419 e. The van der Waals surface area contributed by atoms with Crippen molar-refractivity contribution in [2.24, 2.45) is 5.73 Å². The Kier molecular flexibility index (Phi) is 2.70. The summed E-state index contributed by atoms with van der Waals surface area (Å²) < 4.78 is 5.46. The Hall–Kier alpha value is -1.75. The number of rotatable bonds is 2. The fourth-order valence-corrected chi connectivity index (χ4v) is 1.44. The van der Waals surface area contributed by atoms with Crippen LogP contribution in [0.25, 0.3) is 11.5 Å². The Balaban J connectivity index is 2.42. The number of aromatic nitrogens is 3. The van der Waals surface area contributed by atoms with Gasteiger partial charge in [-0.1, -0.05) is 0 Å². The lowest BCUT2D eigenvalue weighted by Gasteiger charge is -2.01. The summed E-state index contributed by atoms with van der Waals surface area (Å²) in [5, 5.41) is 7.85. The highest BCUT2D eigenvalue weighted by molar-refractivity contribution is 5.55. The number of pyridine rings is 1. The molecule has 0 radical (unpaired) electrons. The highest BCUT2D eigenvalue weighted by Gasteiger charge is 2.13. The molecular weight excluding hydrogens is 204 g/mol. The standard InChI is InChI=1S/C11H14N4O/c1-6-4-5-9(8(3)13-6)11-15-14-10(16-11)7(2)12/h4-5,7H,12H2,1-3H3. The molecule has 0 spiro atoms. The van der Waals surface area contributed by atoms with Crippen molar-refractivity contribution in [3.8, 4) is 11.5 Å². The molecule has 0 aromatic carbocycles. The average Bonchev–Trinajstić information content (AvgIpc) is 2.66. The van der Waals surface area contributed by atoms with Crippen LogP contribution in [-0.2, 0) is 0 Å². The molecule has 16 heavy (non-hydrogen) atoms. The van der Waals surface area contributed by atoms with Gasteiger partial charge in [0.1, 0.15) is 0 Å². The Morgan fingerprint density at radius 2 is 2.00 bits per heavy atom. The van der Waals surface area contributed by atoms with Crippen molar-refractivity contribution in [1.82, 2.24) is 15.2 Å². The van der Waals surface area contributed by atoms with Crippen molar-refractivity contribution in [1.29, 1.82) is 0 Å². The molecule has 84 valence electrons. The summed E-state index contributed by atoms with van der Waals surface area (Å²) in [6.45, 7) is 5.66. The zero-order valence-corrected chi connectivity index (χ0v) is 9.56. The van der Waals surface area contributed by atoms with E-state index in [9.17, 15) is 0 Å². The summed E-state index contributed by atoms with van der Waals surface area (Å²) in [5.74, 6) is 0.910. The van der Waals surface area contributed by atoms with Gasteiger partial charge in [-0.15, -0.1) is 10.2 Å². The molecule has 0 saturated carbocycles. The summed E-state index contributed by atoms with van der Waals surface area (Å²) in [4.78, 5) is 4.35. The molecule has 0 aliphatic carbocycles. The molecular formula is C11H14N4O. The maximum atomic E-state index is 5.66. The molecule has 2 N–H and O–H groups in total. The Bertz CT molecular complexity index is 504. The van der Waals surface area contributed by atoms with E-state index >= 15 is 0 Å². The van der Waals surface area contributed by atoms with Gasteiger partial charge in [0.15, 0.2) is 0 Å². The van der Waals surface area contributed by atoms with Gasteiger partial charge in [0.05, 0.1) is 17.3 Å². The molecule has 1 atom stereocenters. The maximum absolute atomic E-state index is 5.66. The van der Waals surface area contributed by atoms with Crippen LogP contribution in [0.2, 0.25) is 0 Å². The lowest BCUT2D eigenvalue weighted by atomic mass is 10.2. The normalized spacial score (nSPS) is 12.8. The van der Waals surface area contributed by atoms with Crippen LogP contribution >= 0.6 is 0 Å². The van der Waals surface area contributed by atoms with Crippen molar-refractivity contribution in [2.75, 3.05) is 0 Å². The summed E-state index contributed by atoms with van der Waals surface area (Å²) >= 11 is 0. The van der Waals surface area contributed by atoms with Crippen LogP contribution < -0.4 is 5.73 Å². The first kappa shape index (κ1) is 10.8. The molecule has 0 aliphatic rings. The Labute approximate surface area is 93.7 Å². The number of aryl methyl sites for hydroxylation is 2. The third-order valence-corrected chi connectivity index (χ3v) is 2.29. The molecule has 5 nitrogen and oxygen atoms in total. The smallest absolute Gasteiger partial charge is 0.249 e. The van der Waals surface area contributed by atoms with Gasteiger partial charge < -0.3 is 10.2 Å². The van der Waals surface area contributed by atoms with E-state index in [0.717, 1.165) is 17.0 Å². The first-order valence-corrected chi connectivity index (χ1v) is 5.11. The summed E-state index contributed by atoms with van der Waals surface area (Å²) in [7, 11) is 0. The van der Waals surface area contributed by atoms with E-state index in [0.29, 0.717) is 11.8 Å². The molecule has 2 aromatic heterocycles. The predicted molar refractivity (Wildman–Crippen MR) is 59.6 cm³/mol. The fourth-order valence-electron chi connectivity index (χ4n) is 1.44. The van der Waals surface area contributed by atoms with E-state index in [4.69, 9.17) is 10.2 Å². The monoisotopic (exact) mass is 218 g/mol. The quantitative estimate of drug-likeness (QED) is 0.831. The SMILES string of the molecule is Cc1ccc(-c2nnc(C(C)N)o2)c(C)n1. The molecule has 2 rings (SSSR count). The summed E-state index contributed by atoms with van der Waals surface area (Å²) in [5.41, 5.74) is 8.35. The minimum Gasteiger partial charge on any atom is -0.419 e. The average molecular weight is 218 g/mol. The van der Waals surface area contributed by atoms with Crippen LogP contribution in [0.3, 0.4) is 0 Å². The van der Waals surface area contributed by atoms with Gasteiger partial charge in [0.2, 0.25) is 11.8 Å². The highest BCUT2D eigenvalue weighted by atomic mass is 16.4. The van der Waals surface area contributed by atoms with E-state index in [-0.39, 0.29) is 6.04 Å². The second-order valence-electron chi connectivity index (χ2n) is 3.82. The number of nitrogens with zero attached hydrogens (tertiary/aromatic N) is 3. The highest BCUT2D eigenvalue weighted by Crippen LogP contribution is 2.22. The second-order valence-corrected chi connectivity index (χ2v) is 3.82. The van der Waals surface area contributed by atoms with Crippen LogP contribution in [0.15, 0.2) is 16.5 Å². The molecule has 2 heterocycles. The van der Waals surface area contributed by atoms with Crippen LogP contribution in [0.1, 0.15) is 30.2 Å². The Morgan fingerprint density at radius 3 is 2.56 bits per heavy atom. The number of hydrogen-bond donors (Lipinski definition) is 1. The van der Waals surface area contributed by atoms with E-state index < -0.39 is 0 Å². The van der Waals surface area contributed by atoms with Crippen LogP contribution in [0.4, 0.5) is 0 Å². The molecule has 0 saturated heterocycles. The number of nitrogens with two attached hydrogens (primary N) is 1. The fraction of sp³-hybridized carbons (Fsp3) is 0.364. The van der Waals surface area contributed by atoms with Crippen molar-refractivity contribution in [3.63, 3.8) is 0 Å². The zero-order chi connectivity index (χ0) is 11.7. The van der Waals surface area contributed by atoms with E-state index in [1.165, 1.54) is 0 Å². The first-order valence-electron chi connectivity index (χ1n) is 5.11. The molecule has 2 aromatic rings. The molecule has 0 fully saturated rings. The van der Waals surface area contributed by atoms with E-state index in [1.807, 2.05) is 26.0 Å². The second kappa shape index (κ2) is 4.02. The van der Waals surface area contributed by atoms with Gasteiger partial charge in [-0.25, -0.2) is 0 Å². The van der Waals surface area contributed by atoms with Gasteiger partial charge in [-0.3, -0.25) is 4.98 Å². The molecule has 0 bridgehead atoms. The molecule has 1 unspecified atom stereocenters. The first-order chi connectivity index (χ1) is 7.58. The molecule has 0 aliphatic heterocycles. The van der Waals surface area contributed by atoms with Crippen molar-refractivity contribution >= 4 is 0 Å². The van der Waals surface area contributed by atoms with Crippen molar-refractivity contribution in [3.05, 3.63) is 29.4 Å². The van der Waals surface area contributed by atoms with Gasteiger partial charge in [-0.05, 0) is 32.9 Å². The van der Waals surface area contributed by atoms with Crippen molar-refractivity contribution < 1.29 is 4.42 Å². The van der Waals surface area contributed by atoms with Gasteiger partial charge in [0, 0.05) is 5.69 Å². The lowest BCUT2D eigenvalue weighted by molar-refractivity contribution is 0.473. The number of hydrogen-bond acceptors (Lipinski definition) is 5. The van der Waals surface area contributed by atoms with Gasteiger partial charge >= 0.3 is 0 Å². The van der Waals surface area contributed by atoms with E-state index in [2.05, 4.69) is 15.2 Å². The molecule has 5 heteroatoms. The summed E-state index contributed by atoms with van der Waals surface area (Å²) in [6, 6.07) is 3.59. The van der Waals surface area contributed by atoms with Gasteiger partial charge in [-0.2, -0.15) is 0 Å². The predicted octanol–water partition coefficient (Wildman–Crippen LogP) is 1.77. The van der Waals surface area contributed by atoms with Crippen LogP contribution in [-0.4, -0.2) is 15.2 Å². The minimum atomic E-state index is -0.250. The lowest BCUT2D eigenvalue weighted by Crippen LogP contribution is -2.04. The zero-order valence-electron chi connectivity index (χ0n) is 9.56. The third kappa shape index (κ3) is 1.94. The van der Waals surface area contributed by atoms with Gasteiger partial charge in [0.25, 0.3) is 0 Å². The maximum Gasteiger partial charge on any atom is 0.249 e. The summed E-state index contributed by atoms with van der Waals surface area (Å²) in [6.07, 6.45) is 0. The topological polar surface area (TPSA) is 77.8 Å². The minimum absolute atomic E-state index is 0.250. The Morgan fingerprint density at radius 1 is 1.25 bits per heavy atom. The third-order valence-electron chi connectivity index (χ3n) is 2.29. The molecule has 0 amide bonds. The van der Waals surface area contributed by atoms with Crippen molar-refractivity contribution in [2.45, 2.75) is 26.8 Å². The van der Waals surface area contributed by atoms with Crippen LogP contribution in [0.5, 0.6) is 0 Å².